The van der Waals surface area contributed by atoms with E-state index in [4.69, 9.17) is 0 Å². The average Bonchev–Trinajstić information content (AvgIpc) is 3.08. The zero-order valence-electron chi connectivity index (χ0n) is 16.9. The average molecular weight is 422 g/mol. The van der Waals surface area contributed by atoms with E-state index in [0.29, 0.717) is 12.2 Å². The van der Waals surface area contributed by atoms with Gasteiger partial charge >= 0.3 is 6.03 Å². The SMILES string of the molecule is Cc1cccc(CSc2nnc(CC3CC(=O)NC(=O)N3)n2-c2cccc(C)c2)c1. The first kappa shape index (κ1) is 20.2. The fraction of sp³-hybridized carbons (Fsp3) is 0.273. The van der Waals surface area contributed by atoms with Crippen molar-refractivity contribution in [2.45, 2.75) is 43.6 Å². The van der Waals surface area contributed by atoms with Gasteiger partial charge in [0.25, 0.3) is 0 Å². The lowest BCUT2D eigenvalue weighted by Gasteiger charge is -2.23. The van der Waals surface area contributed by atoms with Crippen molar-refractivity contribution in [1.29, 1.82) is 0 Å². The van der Waals surface area contributed by atoms with E-state index in [1.165, 1.54) is 11.1 Å². The van der Waals surface area contributed by atoms with E-state index in [1.807, 2.05) is 29.7 Å². The highest BCUT2D eigenvalue weighted by atomic mass is 32.2. The lowest BCUT2D eigenvalue weighted by Crippen LogP contribution is -2.53. The summed E-state index contributed by atoms with van der Waals surface area (Å²) in [6.45, 7) is 4.12. The summed E-state index contributed by atoms with van der Waals surface area (Å²) in [5, 5.41) is 14.7. The monoisotopic (exact) mass is 421 g/mol. The molecule has 2 aromatic carbocycles. The molecule has 0 bridgehead atoms. The van der Waals surface area contributed by atoms with Crippen LogP contribution < -0.4 is 10.6 Å². The molecular weight excluding hydrogens is 398 g/mol. The Morgan fingerprint density at radius 1 is 1.07 bits per heavy atom. The number of aryl methyl sites for hydroxylation is 2. The Balaban J connectivity index is 1.63. The van der Waals surface area contributed by atoms with Gasteiger partial charge in [-0.2, -0.15) is 0 Å². The van der Waals surface area contributed by atoms with Crippen LogP contribution in [0.1, 0.15) is 28.9 Å². The Bertz CT molecular complexity index is 1080. The zero-order valence-corrected chi connectivity index (χ0v) is 17.7. The third kappa shape index (κ3) is 4.71. The minimum absolute atomic E-state index is 0.220. The van der Waals surface area contributed by atoms with Gasteiger partial charge < -0.3 is 5.32 Å². The number of hydrogen-bond donors (Lipinski definition) is 2. The molecule has 1 aliphatic heterocycles. The maximum absolute atomic E-state index is 11.7. The normalized spacial score (nSPS) is 16.3. The fourth-order valence-corrected chi connectivity index (χ4v) is 4.43. The molecule has 1 aliphatic rings. The van der Waals surface area contributed by atoms with Crippen molar-refractivity contribution >= 4 is 23.7 Å². The predicted octanol–water partition coefficient (Wildman–Crippen LogP) is 3.32. The Morgan fingerprint density at radius 2 is 1.83 bits per heavy atom. The maximum atomic E-state index is 11.7. The van der Waals surface area contributed by atoms with Crippen LogP contribution in [-0.4, -0.2) is 32.7 Å². The zero-order chi connectivity index (χ0) is 21.1. The second-order valence-corrected chi connectivity index (χ2v) is 8.42. The van der Waals surface area contributed by atoms with E-state index < -0.39 is 6.03 Å². The Labute approximate surface area is 179 Å². The van der Waals surface area contributed by atoms with E-state index in [-0.39, 0.29) is 18.4 Å². The summed E-state index contributed by atoms with van der Waals surface area (Å²) in [6, 6.07) is 15.8. The molecule has 0 aliphatic carbocycles. The molecule has 30 heavy (non-hydrogen) atoms. The number of urea groups is 1. The molecule has 0 saturated carbocycles. The molecule has 2 heterocycles. The third-order valence-electron chi connectivity index (χ3n) is 4.86. The largest absolute Gasteiger partial charge is 0.334 e. The number of nitrogens with zero attached hydrogens (tertiary/aromatic N) is 3. The van der Waals surface area contributed by atoms with Crippen LogP contribution in [0.15, 0.2) is 53.7 Å². The fourth-order valence-electron chi connectivity index (χ4n) is 3.52. The van der Waals surface area contributed by atoms with Gasteiger partial charge in [-0.05, 0) is 37.1 Å². The molecule has 3 amide bonds. The summed E-state index contributed by atoms with van der Waals surface area (Å²) < 4.78 is 2.02. The van der Waals surface area contributed by atoms with Crippen LogP contribution in [0.2, 0.25) is 0 Å². The molecule has 1 saturated heterocycles. The van der Waals surface area contributed by atoms with E-state index in [1.54, 1.807) is 11.8 Å². The molecule has 154 valence electrons. The van der Waals surface area contributed by atoms with Crippen molar-refractivity contribution < 1.29 is 9.59 Å². The summed E-state index contributed by atoms with van der Waals surface area (Å²) in [5.41, 5.74) is 4.54. The molecule has 1 unspecified atom stereocenters. The summed E-state index contributed by atoms with van der Waals surface area (Å²) in [7, 11) is 0. The summed E-state index contributed by atoms with van der Waals surface area (Å²) >= 11 is 1.62. The number of hydrogen-bond acceptors (Lipinski definition) is 5. The van der Waals surface area contributed by atoms with Crippen LogP contribution in [0.25, 0.3) is 5.69 Å². The first-order chi connectivity index (χ1) is 14.5. The highest BCUT2D eigenvalue weighted by molar-refractivity contribution is 7.98. The van der Waals surface area contributed by atoms with Gasteiger partial charge in [0, 0.05) is 30.3 Å². The number of amides is 3. The number of imide groups is 1. The Kier molecular flexibility index (Phi) is 5.85. The van der Waals surface area contributed by atoms with Gasteiger partial charge in [-0.15, -0.1) is 10.2 Å². The second kappa shape index (κ2) is 8.71. The summed E-state index contributed by atoms with van der Waals surface area (Å²) in [5.74, 6) is 1.21. The highest BCUT2D eigenvalue weighted by Gasteiger charge is 2.26. The van der Waals surface area contributed by atoms with Crippen molar-refractivity contribution in [3.63, 3.8) is 0 Å². The Hall–Kier alpha value is -3.13. The lowest BCUT2D eigenvalue weighted by molar-refractivity contribution is -0.121. The van der Waals surface area contributed by atoms with Gasteiger partial charge in [-0.1, -0.05) is 53.7 Å². The molecule has 0 spiro atoms. The molecular formula is C22H23N5O2S. The Morgan fingerprint density at radius 3 is 2.57 bits per heavy atom. The second-order valence-electron chi connectivity index (χ2n) is 7.48. The minimum Gasteiger partial charge on any atom is -0.334 e. The minimum atomic E-state index is -0.466. The first-order valence-electron chi connectivity index (χ1n) is 9.78. The molecule has 0 radical (unpaired) electrons. The summed E-state index contributed by atoms with van der Waals surface area (Å²) in [4.78, 5) is 23.4. The van der Waals surface area contributed by atoms with Crippen molar-refractivity contribution in [2.24, 2.45) is 0 Å². The van der Waals surface area contributed by atoms with Crippen LogP contribution in [0.4, 0.5) is 4.79 Å². The van der Waals surface area contributed by atoms with Crippen LogP contribution in [0, 0.1) is 13.8 Å². The third-order valence-corrected chi connectivity index (χ3v) is 5.86. The van der Waals surface area contributed by atoms with Gasteiger partial charge in [-0.25, -0.2) is 4.79 Å². The van der Waals surface area contributed by atoms with Gasteiger partial charge in [0.15, 0.2) is 5.16 Å². The predicted molar refractivity (Wildman–Crippen MR) is 116 cm³/mol. The van der Waals surface area contributed by atoms with Gasteiger partial charge in [-0.3, -0.25) is 14.7 Å². The molecule has 8 heteroatoms. The lowest BCUT2D eigenvalue weighted by atomic mass is 10.1. The summed E-state index contributed by atoms with van der Waals surface area (Å²) in [6.07, 6.45) is 0.642. The number of aromatic nitrogens is 3. The molecule has 7 nitrogen and oxygen atoms in total. The van der Waals surface area contributed by atoms with Gasteiger partial charge in [0.05, 0.1) is 0 Å². The van der Waals surface area contributed by atoms with E-state index >= 15 is 0 Å². The van der Waals surface area contributed by atoms with E-state index in [9.17, 15) is 9.59 Å². The number of rotatable bonds is 6. The van der Waals surface area contributed by atoms with Crippen molar-refractivity contribution in [3.8, 4) is 5.69 Å². The number of thioether (sulfide) groups is 1. The smallest absolute Gasteiger partial charge is 0.321 e. The van der Waals surface area contributed by atoms with Crippen molar-refractivity contribution in [3.05, 3.63) is 71.0 Å². The molecule has 3 aromatic rings. The highest BCUT2D eigenvalue weighted by Crippen LogP contribution is 2.27. The quantitative estimate of drug-likeness (QED) is 0.596. The molecule has 4 rings (SSSR count). The van der Waals surface area contributed by atoms with Crippen LogP contribution >= 0.6 is 11.8 Å². The molecule has 1 fully saturated rings. The number of benzene rings is 2. The van der Waals surface area contributed by atoms with Crippen LogP contribution in [0.5, 0.6) is 0 Å². The topological polar surface area (TPSA) is 88.9 Å². The number of nitrogens with one attached hydrogen (secondary N) is 2. The van der Waals surface area contributed by atoms with Crippen molar-refractivity contribution in [1.82, 2.24) is 25.4 Å². The molecule has 1 atom stereocenters. The molecule has 1 aromatic heterocycles. The first-order valence-corrected chi connectivity index (χ1v) is 10.8. The number of carbonyl (C=O) groups is 2. The van der Waals surface area contributed by atoms with Crippen molar-refractivity contribution in [2.75, 3.05) is 0 Å². The maximum Gasteiger partial charge on any atom is 0.321 e. The van der Waals surface area contributed by atoms with E-state index in [0.717, 1.165) is 22.2 Å². The van der Waals surface area contributed by atoms with E-state index in [2.05, 4.69) is 58.1 Å². The molecule has 2 N–H and O–H groups in total. The van der Waals surface area contributed by atoms with Crippen LogP contribution in [-0.2, 0) is 17.0 Å². The standard InChI is InChI=1S/C22H23N5O2S/c1-14-5-3-7-16(9-14)13-30-22-26-25-19(11-17-12-20(28)24-21(29)23-17)27(22)18-8-4-6-15(2)10-18/h3-10,17H,11-13H2,1-2H3,(H2,23,24,28,29). The van der Waals surface area contributed by atoms with Gasteiger partial charge in [0.2, 0.25) is 5.91 Å². The van der Waals surface area contributed by atoms with Crippen LogP contribution in [0.3, 0.4) is 0 Å². The number of carbonyl (C=O) groups excluding carboxylic acids is 2. The van der Waals surface area contributed by atoms with Gasteiger partial charge in [0.1, 0.15) is 5.82 Å².